The molecular formula is C24H23NO3. The first-order chi connectivity index (χ1) is 13.6. The lowest BCUT2D eigenvalue weighted by molar-refractivity contribution is 0.415. The zero-order valence-electron chi connectivity index (χ0n) is 16.3. The second-order valence-corrected chi connectivity index (χ2v) is 6.26. The SMILES string of the molecule is COc1ccc(/N=C(Oc2ccccc2)\C(C)=C\Oc2ccc(C)cc2)cc1. The fourth-order valence-corrected chi connectivity index (χ4v) is 2.39. The van der Waals surface area contributed by atoms with Gasteiger partial charge in [0.2, 0.25) is 5.90 Å². The number of rotatable bonds is 6. The van der Waals surface area contributed by atoms with Gasteiger partial charge in [-0.1, -0.05) is 35.9 Å². The summed E-state index contributed by atoms with van der Waals surface area (Å²) >= 11 is 0. The van der Waals surface area contributed by atoms with Crippen LogP contribution in [0.5, 0.6) is 17.2 Å². The van der Waals surface area contributed by atoms with Gasteiger partial charge in [-0.05, 0) is 62.4 Å². The Morgan fingerprint density at radius 3 is 2.07 bits per heavy atom. The maximum atomic E-state index is 6.01. The number of aliphatic imine (C=N–C) groups is 1. The molecule has 0 aliphatic rings. The van der Waals surface area contributed by atoms with Crippen molar-refractivity contribution in [2.24, 2.45) is 4.99 Å². The first-order valence-electron chi connectivity index (χ1n) is 9.00. The van der Waals surface area contributed by atoms with Crippen LogP contribution in [0.4, 0.5) is 5.69 Å². The van der Waals surface area contributed by atoms with E-state index in [1.54, 1.807) is 13.4 Å². The molecule has 3 aromatic rings. The highest BCUT2D eigenvalue weighted by atomic mass is 16.5. The minimum atomic E-state index is 0.462. The average Bonchev–Trinajstić information content (AvgIpc) is 2.74. The molecule has 4 heteroatoms. The number of hydrogen-bond donors (Lipinski definition) is 0. The normalized spacial score (nSPS) is 11.8. The van der Waals surface area contributed by atoms with Crippen molar-refractivity contribution >= 4 is 11.6 Å². The quantitative estimate of drug-likeness (QED) is 0.298. The molecule has 0 fully saturated rings. The number of ether oxygens (including phenoxy) is 3. The zero-order chi connectivity index (χ0) is 19.8. The van der Waals surface area contributed by atoms with Crippen molar-refractivity contribution in [2.45, 2.75) is 13.8 Å². The summed E-state index contributed by atoms with van der Waals surface area (Å²) in [6.07, 6.45) is 1.65. The topological polar surface area (TPSA) is 40.0 Å². The first kappa shape index (κ1) is 19.2. The Morgan fingerprint density at radius 1 is 0.786 bits per heavy atom. The summed E-state index contributed by atoms with van der Waals surface area (Å²) in [6.45, 7) is 3.94. The number of aryl methyl sites for hydroxylation is 1. The second-order valence-electron chi connectivity index (χ2n) is 6.26. The smallest absolute Gasteiger partial charge is 0.225 e. The Labute approximate surface area is 165 Å². The highest BCUT2D eigenvalue weighted by Crippen LogP contribution is 2.21. The molecule has 3 aromatic carbocycles. The van der Waals surface area contributed by atoms with Gasteiger partial charge in [-0.15, -0.1) is 0 Å². The molecule has 0 saturated heterocycles. The van der Waals surface area contributed by atoms with Crippen LogP contribution in [-0.2, 0) is 0 Å². The third kappa shape index (κ3) is 5.48. The summed E-state index contributed by atoms with van der Waals surface area (Å²) in [4.78, 5) is 4.65. The van der Waals surface area contributed by atoms with Gasteiger partial charge < -0.3 is 14.2 Å². The zero-order valence-corrected chi connectivity index (χ0v) is 16.3. The molecule has 0 amide bonds. The van der Waals surface area contributed by atoms with Crippen LogP contribution in [0.3, 0.4) is 0 Å². The van der Waals surface area contributed by atoms with Gasteiger partial charge in [0, 0.05) is 5.57 Å². The fourth-order valence-electron chi connectivity index (χ4n) is 2.39. The standard InChI is InChI=1S/C24H23NO3/c1-18-9-13-22(14-10-18)27-17-19(2)24(28-23-7-5-4-6-8-23)25-20-11-15-21(26-3)16-12-20/h4-17H,1-3H3/b19-17+,25-24+. The van der Waals surface area contributed by atoms with E-state index in [0.29, 0.717) is 11.6 Å². The van der Waals surface area contributed by atoms with Crippen molar-refractivity contribution in [3.05, 3.63) is 96.3 Å². The third-order valence-corrected chi connectivity index (χ3v) is 3.99. The van der Waals surface area contributed by atoms with Gasteiger partial charge in [-0.25, -0.2) is 4.99 Å². The monoisotopic (exact) mass is 373 g/mol. The van der Waals surface area contributed by atoms with Crippen LogP contribution in [0, 0.1) is 6.92 Å². The van der Waals surface area contributed by atoms with E-state index in [2.05, 4.69) is 4.99 Å². The van der Waals surface area contributed by atoms with E-state index in [9.17, 15) is 0 Å². The molecule has 4 nitrogen and oxygen atoms in total. The van der Waals surface area contributed by atoms with Crippen molar-refractivity contribution in [1.29, 1.82) is 0 Å². The summed E-state index contributed by atoms with van der Waals surface area (Å²) in [7, 11) is 1.64. The van der Waals surface area contributed by atoms with Gasteiger partial charge in [0.25, 0.3) is 0 Å². The predicted molar refractivity (Wildman–Crippen MR) is 113 cm³/mol. The van der Waals surface area contributed by atoms with Crippen molar-refractivity contribution in [3.8, 4) is 17.2 Å². The molecule has 0 aromatic heterocycles. The minimum Gasteiger partial charge on any atom is -0.497 e. The van der Waals surface area contributed by atoms with Crippen LogP contribution in [-0.4, -0.2) is 13.0 Å². The van der Waals surface area contributed by atoms with Crippen LogP contribution in [0.1, 0.15) is 12.5 Å². The number of methoxy groups -OCH3 is 1. The van der Waals surface area contributed by atoms with Crippen molar-refractivity contribution in [2.75, 3.05) is 7.11 Å². The van der Waals surface area contributed by atoms with Gasteiger partial charge in [-0.2, -0.15) is 0 Å². The molecule has 142 valence electrons. The Morgan fingerprint density at radius 2 is 1.43 bits per heavy atom. The molecule has 0 radical (unpaired) electrons. The van der Waals surface area contributed by atoms with Gasteiger partial charge in [0.15, 0.2) is 0 Å². The third-order valence-electron chi connectivity index (χ3n) is 3.99. The average molecular weight is 373 g/mol. The van der Waals surface area contributed by atoms with Crippen LogP contribution in [0.25, 0.3) is 0 Å². The molecule has 0 aliphatic heterocycles. The van der Waals surface area contributed by atoms with E-state index in [1.165, 1.54) is 5.56 Å². The summed E-state index contributed by atoms with van der Waals surface area (Å²) in [6, 6.07) is 24.9. The number of benzene rings is 3. The molecule has 0 bridgehead atoms. The van der Waals surface area contributed by atoms with Crippen molar-refractivity contribution in [3.63, 3.8) is 0 Å². The maximum absolute atomic E-state index is 6.01. The Kier molecular flexibility index (Phi) is 6.47. The van der Waals surface area contributed by atoms with Gasteiger partial charge in [-0.3, -0.25) is 0 Å². The first-order valence-corrected chi connectivity index (χ1v) is 9.00. The van der Waals surface area contributed by atoms with E-state index in [0.717, 1.165) is 22.8 Å². The highest BCUT2D eigenvalue weighted by Gasteiger charge is 2.08. The van der Waals surface area contributed by atoms with Gasteiger partial charge in [0.05, 0.1) is 19.1 Å². The van der Waals surface area contributed by atoms with Crippen LogP contribution in [0.15, 0.2) is 95.7 Å². The van der Waals surface area contributed by atoms with E-state index >= 15 is 0 Å². The second kappa shape index (κ2) is 9.42. The molecule has 0 N–H and O–H groups in total. The van der Waals surface area contributed by atoms with Crippen LogP contribution >= 0.6 is 0 Å². The highest BCUT2D eigenvalue weighted by molar-refractivity contribution is 5.96. The van der Waals surface area contributed by atoms with Crippen LogP contribution in [0.2, 0.25) is 0 Å². The Bertz CT molecular complexity index is 943. The molecule has 0 unspecified atom stereocenters. The van der Waals surface area contributed by atoms with Gasteiger partial charge >= 0.3 is 0 Å². The van der Waals surface area contributed by atoms with Crippen LogP contribution < -0.4 is 14.2 Å². The molecule has 0 spiro atoms. The minimum absolute atomic E-state index is 0.462. The molecule has 0 atom stereocenters. The lowest BCUT2D eigenvalue weighted by Gasteiger charge is -2.10. The van der Waals surface area contributed by atoms with E-state index in [4.69, 9.17) is 14.2 Å². The summed E-state index contributed by atoms with van der Waals surface area (Å²) < 4.78 is 17.0. The number of hydrogen-bond acceptors (Lipinski definition) is 4. The lowest BCUT2D eigenvalue weighted by Crippen LogP contribution is -2.10. The lowest BCUT2D eigenvalue weighted by atomic mass is 10.2. The molecule has 28 heavy (non-hydrogen) atoms. The molecule has 3 rings (SSSR count). The molecule has 0 saturated carbocycles. The number of para-hydroxylation sites is 1. The van der Waals surface area contributed by atoms with E-state index in [1.807, 2.05) is 92.7 Å². The predicted octanol–water partition coefficient (Wildman–Crippen LogP) is 6.10. The Balaban J connectivity index is 1.86. The van der Waals surface area contributed by atoms with E-state index in [-0.39, 0.29) is 0 Å². The van der Waals surface area contributed by atoms with Gasteiger partial charge in [0.1, 0.15) is 17.2 Å². The summed E-state index contributed by atoms with van der Waals surface area (Å²) in [5.74, 6) is 2.70. The Hall–Kier alpha value is -3.53. The summed E-state index contributed by atoms with van der Waals surface area (Å²) in [5, 5.41) is 0. The molecular weight excluding hydrogens is 350 g/mol. The largest absolute Gasteiger partial charge is 0.497 e. The fraction of sp³-hybridized carbons (Fsp3) is 0.125. The summed E-state index contributed by atoms with van der Waals surface area (Å²) in [5.41, 5.74) is 2.71. The van der Waals surface area contributed by atoms with Crippen molar-refractivity contribution < 1.29 is 14.2 Å². The molecule has 0 aliphatic carbocycles. The number of nitrogens with zero attached hydrogens (tertiary/aromatic N) is 1. The maximum Gasteiger partial charge on any atom is 0.225 e. The van der Waals surface area contributed by atoms with Crippen molar-refractivity contribution in [1.82, 2.24) is 0 Å². The van der Waals surface area contributed by atoms with E-state index < -0.39 is 0 Å². The molecule has 0 heterocycles.